The summed E-state index contributed by atoms with van der Waals surface area (Å²) in [5.41, 5.74) is 0. The van der Waals surface area contributed by atoms with Crippen LogP contribution in [0.1, 0.15) is 46.0 Å². The van der Waals surface area contributed by atoms with E-state index in [1.807, 2.05) is 0 Å². The molecule has 0 heterocycles. The van der Waals surface area contributed by atoms with Crippen molar-refractivity contribution in [1.82, 2.24) is 10.2 Å². The molecule has 0 saturated heterocycles. The van der Waals surface area contributed by atoms with Crippen LogP contribution < -0.4 is 5.32 Å². The number of rotatable bonds is 10. The van der Waals surface area contributed by atoms with Crippen LogP contribution in [-0.4, -0.2) is 48.8 Å². The summed E-state index contributed by atoms with van der Waals surface area (Å²) >= 11 is 0. The molecule has 0 radical (unpaired) electrons. The van der Waals surface area contributed by atoms with E-state index in [4.69, 9.17) is 5.11 Å². The first-order valence-corrected chi connectivity index (χ1v) is 7.36. The van der Waals surface area contributed by atoms with Crippen LogP contribution >= 0.6 is 0 Å². The summed E-state index contributed by atoms with van der Waals surface area (Å²) in [5, 5.41) is 12.6. The Kier molecular flexibility index (Phi) is 7.82. The molecule has 3 heteroatoms. The monoisotopic (exact) mass is 242 g/mol. The van der Waals surface area contributed by atoms with Crippen LogP contribution in [0.3, 0.4) is 0 Å². The lowest BCUT2D eigenvalue weighted by molar-refractivity contribution is 0.160. The number of aliphatic hydroxyl groups is 1. The largest absolute Gasteiger partial charge is 0.396 e. The third kappa shape index (κ3) is 5.84. The fraction of sp³-hybridized carbons (Fsp3) is 1.00. The van der Waals surface area contributed by atoms with Gasteiger partial charge in [0.25, 0.3) is 0 Å². The second kappa shape index (κ2) is 8.90. The lowest BCUT2D eigenvalue weighted by atomic mass is 9.85. The highest BCUT2D eigenvalue weighted by molar-refractivity contribution is 4.77. The molecule has 0 spiro atoms. The van der Waals surface area contributed by atoms with Crippen LogP contribution in [-0.2, 0) is 0 Å². The van der Waals surface area contributed by atoms with Crippen molar-refractivity contribution < 1.29 is 5.11 Å². The molecule has 0 aromatic heterocycles. The van der Waals surface area contributed by atoms with Gasteiger partial charge in [0, 0.05) is 25.7 Å². The van der Waals surface area contributed by atoms with Gasteiger partial charge in [0.2, 0.25) is 0 Å². The Morgan fingerprint density at radius 2 is 2.12 bits per heavy atom. The van der Waals surface area contributed by atoms with Crippen LogP contribution in [0.2, 0.25) is 0 Å². The average Bonchev–Trinajstić information content (AvgIpc) is 2.28. The van der Waals surface area contributed by atoms with E-state index in [2.05, 4.69) is 24.1 Å². The zero-order valence-corrected chi connectivity index (χ0v) is 11.6. The van der Waals surface area contributed by atoms with E-state index in [-0.39, 0.29) is 0 Å². The van der Waals surface area contributed by atoms with Crippen LogP contribution in [0.25, 0.3) is 0 Å². The highest BCUT2D eigenvalue weighted by Crippen LogP contribution is 2.27. The molecule has 0 aromatic rings. The fourth-order valence-corrected chi connectivity index (χ4v) is 2.45. The molecule has 1 aliphatic rings. The Morgan fingerprint density at radius 1 is 1.35 bits per heavy atom. The first-order chi connectivity index (χ1) is 8.30. The summed E-state index contributed by atoms with van der Waals surface area (Å²) in [6.07, 6.45) is 6.31. The number of hydrogen-bond donors (Lipinski definition) is 2. The zero-order valence-electron chi connectivity index (χ0n) is 11.6. The molecule has 1 atom stereocenters. The highest BCUT2D eigenvalue weighted by Gasteiger charge is 2.21. The van der Waals surface area contributed by atoms with Crippen molar-refractivity contribution in [1.29, 1.82) is 0 Å². The normalized spacial score (nSPS) is 18.4. The second-order valence-electron chi connectivity index (χ2n) is 5.31. The molecule has 102 valence electrons. The van der Waals surface area contributed by atoms with Gasteiger partial charge in [-0.2, -0.15) is 0 Å². The molecule has 0 bridgehead atoms. The topological polar surface area (TPSA) is 35.5 Å². The van der Waals surface area contributed by atoms with E-state index < -0.39 is 0 Å². The quantitative estimate of drug-likeness (QED) is 0.614. The predicted molar refractivity (Wildman–Crippen MR) is 73.2 cm³/mol. The summed E-state index contributed by atoms with van der Waals surface area (Å²) in [7, 11) is 0. The molecule has 0 amide bonds. The van der Waals surface area contributed by atoms with Gasteiger partial charge in [-0.15, -0.1) is 0 Å². The molecule has 1 fully saturated rings. The van der Waals surface area contributed by atoms with Crippen molar-refractivity contribution in [2.45, 2.75) is 52.0 Å². The molecular formula is C14H30N2O. The second-order valence-corrected chi connectivity index (χ2v) is 5.31. The van der Waals surface area contributed by atoms with Crippen molar-refractivity contribution in [3.8, 4) is 0 Å². The third-order valence-electron chi connectivity index (χ3n) is 3.83. The van der Waals surface area contributed by atoms with Gasteiger partial charge in [-0.1, -0.05) is 20.3 Å². The van der Waals surface area contributed by atoms with E-state index in [1.165, 1.54) is 25.8 Å². The Labute approximate surface area is 107 Å². The maximum atomic E-state index is 9.10. The van der Waals surface area contributed by atoms with Gasteiger partial charge in [0.1, 0.15) is 0 Å². The molecule has 0 aliphatic heterocycles. The maximum absolute atomic E-state index is 9.10. The van der Waals surface area contributed by atoms with E-state index in [0.29, 0.717) is 12.6 Å². The van der Waals surface area contributed by atoms with Gasteiger partial charge < -0.3 is 15.3 Å². The van der Waals surface area contributed by atoms with E-state index >= 15 is 0 Å². The Balaban J connectivity index is 2.26. The van der Waals surface area contributed by atoms with Crippen molar-refractivity contribution in [2.24, 2.45) is 5.92 Å². The van der Waals surface area contributed by atoms with Crippen molar-refractivity contribution >= 4 is 0 Å². The average molecular weight is 242 g/mol. The maximum Gasteiger partial charge on any atom is 0.0446 e. The molecule has 0 aromatic carbocycles. The minimum Gasteiger partial charge on any atom is -0.396 e. The van der Waals surface area contributed by atoms with Gasteiger partial charge >= 0.3 is 0 Å². The highest BCUT2D eigenvalue weighted by atomic mass is 16.3. The van der Waals surface area contributed by atoms with E-state index in [0.717, 1.165) is 38.4 Å². The third-order valence-corrected chi connectivity index (χ3v) is 3.83. The Morgan fingerprint density at radius 3 is 2.59 bits per heavy atom. The number of hydrogen-bond acceptors (Lipinski definition) is 3. The summed E-state index contributed by atoms with van der Waals surface area (Å²) in [6.45, 7) is 9.27. The molecule has 1 aliphatic carbocycles. The van der Waals surface area contributed by atoms with E-state index in [1.54, 1.807) is 0 Å². The first-order valence-electron chi connectivity index (χ1n) is 7.36. The number of nitrogens with zero attached hydrogens (tertiary/aromatic N) is 1. The van der Waals surface area contributed by atoms with Crippen molar-refractivity contribution in [3.63, 3.8) is 0 Å². The van der Waals surface area contributed by atoms with Gasteiger partial charge in [-0.3, -0.25) is 0 Å². The van der Waals surface area contributed by atoms with Crippen LogP contribution in [0, 0.1) is 5.92 Å². The Hall–Kier alpha value is -0.120. The van der Waals surface area contributed by atoms with Gasteiger partial charge in [0.05, 0.1) is 0 Å². The van der Waals surface area contributed by atoms with Gasteiger partial charge in [0.15, 0.2) is 0 Å². The smallest absolute Gasteiger partial charge is 0.0446 e. The predicted octanol–water partition coefficient (Wildman–Crippen LogP) is 1.86. The molecule has 2 N–H and O–H groups in total. The molecule has 1 saturated carbocycles. The summed E-state index contributed by atoms with van der Waals surface area (Å²) in [5.74, 6) is 0.941. The molecule has 1 rings (SSSR count). The van der Waals surface area contributed by atoms with E-state index in [9.17, 15) is 0 Å². The number of aliphatic hydroxyl groups excluding tert-OH is 1. The molecule has 3 nitrogen and oxygen atoms in total. The minimum atomic E-state index is 0.294. The van der Waals surface area contributed by atoms with Crippen LogP contribution in [0.5, 0.6) is 0 Å². The number of likely N-dealkylation sites (N-methyl/N-ethyl adjacent to an activating group) is 1. The summed E-state index contributed by atoms with van der Waals surface area (Å²) in [6, 6.07) is 0.458. The fourth-order valence-electron chi connectivity index (χ4n) is 2.45. The first kappa shape index (κ1) is 14.9. The molecular weight excluding hydrogens is 212 g/mol. The van der Waals surface area contributed by atoms with Gasteiger partial charge in [-0.25, -0.2) is 0 Å². The molecule has 1 unspecified atom stereocenters. The SMILES string of the molecule is CCCNC(CCO)CN(CC)CC1CCC1. The minimum absolute atomic E-state index is 0.294. The molecule has 17 heavy (non-hydrogen) atoms. The van der Waals surface area contributed by atoms with Gasteiger partial charge in [-0.05, 0) is 44.7 Å². The summed E-state index contributed by atoms with van der Waals surface area (Å²) in [4.78, 5) is 2.55. The Bertz CT molecular complexity index is 183. The lowest BCUT2D eigenvalue weighted by Crippen LogP contribution is -2.44. The van der Waals surface area contributed by atoms with Crippen molar-refractivity contribution in [2.75, 3.05) is 32.8 Å². The lowest BCUT2D eigenvalue weighted by Gasteiger charge is -2.34. The standard InChI is InChI=1S/C14H30N2O/c1-3-9-15-14(8-10-17)12-16(4-2)11-13-6-5-7-13/h13-15,17H,3-12H2,1-2H3. The van der Waals surface area contributed by atoms with Crippen molar-refractivity contribution in [3.05, 3.63) is 0 Å². The van der Waals surface area contributed by atoms with Crippen LogP contribution in [0.4, 0.5) is 0 Å². The zero-order chi connectivity index (χ0) is 12.5. The number of nitrogens with one attached hydrogen (secondary N) is 1. The summed E-state index contributed by atoms with van der Waals surface area (Å²) < 4.78 is 0. The van der Waals surface area contributed by atoms with Crippen LogP contribution in [0.15, 0.2) is 0 Å².